The van der Waals surface area contributed by atoms with Gasteiger partial charge in [0.15, 0.2) is 0 Å². The number of hydrogen-bond donors (Lipinski definition) is 5. The molecule has 1 aromatic rings. The van der Waals surface area contributed by atoms with Crippen LogP contribution in [0.5, 0.6) is 0 Å². The fraction of sp³-hybridized carbons (Fsp3) is 0.636. The second-order valence-corrected chi connectivity index (χ2v) is 4.72. The van der Waals surface area contributed by atoms with Crippen molar-refractivity contribution in [3.63, 3.8) is 0 Å². The highest BCUT2D eigenvalue weighted by Gasteiger charge is 2.55. The largest absolute Gasteiger partial charge is 0.394 e. The lowest BCUT2D eigenvalue weighted by Gasteiger charge is -2.31. The number of rotatable bonds is 3. The Bertz CT molecular complexity index is 610. The summed E-state index contributed by atoms with van der Waals surface area (Å²) < 4.78 is 6.09. The highest BCUT2D eigenvalue weighted by atomic mass is 16.6. The van der Waals surface area contributed by atoms with Crippen LogP contribution < -0.4 is 11.2 Å². The van der Waals surface area contributed by atoms with Crippen molar-refractivity contribution in [2.45, 2.75) is 31.0 Å². The fourth-order valence-electron chi connectivity index (χ4n) is 2.27. The summed E-state index contributed by atoms with van der Waals surface area (Å²) in [5.41, 5.74) is -3.31. The van der Waals surface area contributed by atoms with Crippen LogP contribution in [0.15, 0.2) is 15.8 Å². The van der Waals surface area contributed by atoms with E-state index in [0.717, 1.165) is 10.8 Å². The Labute approximate surface area is 112 Å². The standard InChI is InChI=1S/C11H16N2O7/c1-5-2-13(10(19)12-9(5)18)11(4-15)8(17)7(16)6(3-14)20-11/h2,6-8,14-17H,3-4H2,1H3,(H,12,18,19)/t6-,7-,8-,11-/m1/s1. The van der Waals surface area contributed by atoms with E-state index in [1.54, 1.807) is 0 Å². The molecule has 20 heavy (non-hydrogen) atoms. The minimum atomic E-state index is -1.96. The number of aliphatic hydroxyl groups is 4. The Morgan fingerprint density at radius 2 is 2.05 bits per heavy atom. The van der Waals surface area contributed by atoms with Gasteiger partial charge in [0.2, 0.25) is 5.72 Å². The van der Waals surface area contributed by atoms with E-state index in [2.05, 4.69) is 0 Å². The third-order valence-corrected chi connectivity index (χ3v) is 3.46. The number of ether oxygens (including phenoxy) is 1. The topological polar surface area (TPSA) is 145 Å². The molecule has 1 aliphatic heterocycles. The minimum absolute atomic E-state index is 0.162. The molecule has 1 aromatic heterocycles. The summed E-state index contributed by atoms with van der Waals surface area (Å²) in [5, 5.41) is 38.4. The van der Waals surface area contributed by atoms with Crippen LogP contribution in [-0.2, 0) is 10.5 Å². The first-order valence-electron chi connectivity index (χ1n) is 5.96. The normalized spacial score (nSPS) is 33.5. The Morgan fingerprint density at radius 3 is 2.55 bits per heavy atom. The maximum Gasteiger partial charge on any atom is 0.330 e. The van der Waals surface area contributed by atoms with Crippen LogP contribution in [0, 0.1) is 6.92 Å². The molecule has 9 nitrogen and oxygen atoms in total. The van der Waals surface area contributed by atoms with E-state index in [4.69, 9.17) is 9.84 Å². The molecule has 1 aliphatic rings. The van der Waals surface area contributed by atoms with Gasteiger partial charge in [-0.25, -0.2) is 4.79 Å². The molecule has 5 N–H and O–H groups in total. The van der Waals surface area contributed by atoms with Crippen molar-refractivity contribution in [2.24, 2.45) is 0 Å². The molecule has 0 spiro atoms. The summed E-state index contributed by atoms with van der Waals surface area (Å²) in [4.78, 5) is 25.2. The van der Waals surface area contributed by atoms with Gasteiger partial charge in [-0.15, -0.1) is 0 Å². The average Bonchev–Trinajstić information content (AvgIpc) is 2.68. The van der Waals surface area contributed by atoms with Crippen LogP contribution in [0.4, 0.5) is 0 Å². The van der Waals surface area contributed by atoms with Crippen LogP contribution in [0.2, 0.25) is 0 Å². The molecule has 0 aromatic carbocycles. The molecule has 0 saturated carbocycles. The van der Waals surface area contributed by atoms with E-state index in [1.807, 2.05) is 4.98 Å². The molecular weight excluding hydrogens is 272 g/mol. The number of nitrogens with zero attached hydrogens (tertiary/aromatic N) is 1. The van der Waals surface area contributed by atoms with E-state index in [0.29, 0.717) is 0 Å². The number of H-pyrrole nitrogens is 1. The van der Waals surface area contributed by atoms with Crippen molar-refractivity contribution >= 4 is 0 Å². The third-order valence-electron chi connectivity index (χ3n) is 3.46. The molecule has 2 rings (SSSR count). The Balaban J connectivity index is 2.61. The van der Waals surface area contributed by atoms with Gasteiger partial charge < -0.3 is 25.2 Å². The predicted octanol–water partition coefficient (Wildman–Crippen LogP) is -3.40. The summed E-state index contributed by atoms with van der Waals surface area (Å²) in [5.74, 6) is 0. The number of aryl methyl sites for hydroxylation is 1. The maximum atomic E-state index is 11.9. The zero-order valence-corrected chi connectivity index (χ0v) is 10.7. The number of hydrogen-bond acceptors (Lipinski definition) is 7. The highest BCUT2D eigenvalue weighted by molar-refractivity contribution is 5.07. The number of aromatic amines is 1. The number of nitrogens with one attached hydrogen (secondary N) is 1. The lowest BCUT2D eigenvalue weighted by Crippen LogP contribution is -2.54. The lowest BCUT2D eigenvalue weighted by molar-refractivity contribution is -0.174. The minimum Gasteiger partial charge on any atom is -0.394 e. The molecule has 1 saturated heterocycles. The van der Waals surface area contributed by atoms with Crippen molar-refractivity contribution < 1.29 is 25.2 Å². The Morgan fingerprint density at radius 1 is 1.40 bits per heavy atom. The summed E-state index contributed by atoms with van der Waals surface area (Å²) in [6.45, 7) is 0.00527. The summed E-state index contributed by atoms with van der Waals surface area (Å²) >= 11 is 0. The van der Waals surface area contributed by atoms with E-state index >= 15 is 0 Å². The molecular formula is C11H16N2O7. The van der Waals surface area contributed by atoms with Gasteiger partial charge >= 0.3 is 5.69 Å². The van der Waals surface area contributed by atoms with Crippen LogP contribution >= 0.6 is 0 Å². The van der Waals surface area contributed by atoms with Gasteiger partial charge in [-0.2, -0.15) is 0 Å². The first-order chi connectivity index (χ1) is 9.37. The van der Waals surface area contributed by atoms with Crippen molar-refractivity contribution in [3.8, 4) is 0 Å². The predicted molar refractivity (Wildman–Crippen MR) is 65.1 cm³/mol. The van der Waals surface area contributed by atoms with Crippen LogP contribution in [0.25, 0.3) is 0 Å². The molecule has 4 atom stereocenters. The second-order valence-electron chi connectivity index (χ2n) is 4.72. The summed E-state index contributed by atoms with van der Waals surface area (Å²) in [6.07, 6.45) is -3.16. The summed E-state index contributed by atoms with van der Waals surface area (Å²) in [7, 11) is 0. The number of aromatic nitrogens is 2. The van der Waals surface area contributed by atoms with Gasteiger partial charge in [-0.3, -0.25) is 14.3 Å². The highest BCUT2D eigenvalue weighted by Crippen LogP contribution is 2.34. The van der Waals surface area contributed by atoms with Gasteiger partial charge in [-0.05, 0) is 6.92 Å². The van der Waals surface area contributed by atoms with Gasteiger partial charge in [0.1, 0.15) is 18.3 Å². The lowest BCUT2D eigenvalue weighted by atomic mass is 10.0. The molecule has 2 heterocycles. The zero-order valence-electron chi connectivity index (χ0n) is 10.7. The molecule has 0 bridgehead atoms. The van der Waals surface area contributed by atoms with Crippen molar-refractivity contribution in [2.75, 3.05) is 13.2 Å². The van der Waals surface area contributed by atoms with E-state index in [-0.39, 0.29) is 5.56 Å². The smallest absolute Gasteiger partial charge is 0.330 e. The summed E-state index contributed by atoms with van der Waals surface area (Å²) in [6, 6.07) is 0. The molecule has 0 amide bonds. The van der Waals surface area contributed by atoms with Crippen LogP contribution in [0.3, 0.4) is 0 Å². The maximum absolute atomic E-state index is 11.9. The SMILES string of the molecule is Cc1cn([C@]2(CO)O[C@H](CO)[C@@H](O)[C@H]2O)c(=O)[nH]c1=O. The second kappa shape index (κ2) is 5.11. The quantitative estimate of drug-likeness (QED) is 0.390. The van der Waals surface area contributed by atoms with Crippen LogP contribution in [0.1, 0.15) is 5.56 Å². The molecule has 0 unspecified atom stereocenters. The zero-order chi connectivity index (χ0) is 15.1. The molecule has 9 heteroatoms. The van der Waals surface area contributed by atoms with Crippen molar-refractivity contribution in [3.05, 3.63) is 32.6 Å². The van der Waals surface area contributed by atoms with Crippen LogP contribution in [-0.4, -0.2) is 61.5 Å². The molecule has 0 aliphatic carbocycles. The van der Waals surface area contributed by atoms with Gasteiger partial charge in [0.05, 0.1) is 13.2 Å². The first kappa shape index (κ1) is 14.9. The molecule has 1 fully saturated rings. The van der Waals surface area contributed by atoms with Crippen molar-refractivity contribution in [1.82, 2.24) is 9.55 Å². The van der Waals surface area contributed by atoms with E-state index in [1.165, 1.54) is 6.92 Å². The van der Waals surface area contributed by atoms with Gasteiger partial charge in [-0.1, -0.05) is 0 Å². The van der Waals surface area contributed by atoms with E-state index < -0.39 is 48.5 Å². The Hall–Kier alpha value is -1.52. The fourth-order valence-corrected chi connectivity index (χ4v) is 2.27. The molecule has 0 radical (unpaired) electrons. The first-order valence-corrected chi connectivity index (χ1v) is 5.96. The monoisotopic (exact) mass is 288 g/mol. The third kappa shape index (κ3) is 2.00. The average molecular weight is 288 g/mol. The van der Waals surface area contributed by atoms with Gasteiger partial charge in [0.25, 0.3) is 5.56 Å². The molecule has 112 valence electrons. The number of aliphatic hydroxyl groups excluding tert-OH is 4. The van der Waals surface area contributed by atoms with Gasteiger partial charge in [0, 0.05) is 11.8 Å². The van der Waals surface area contributed by atoms with E-state index in [9.17, 15) is 24.9 Å². The van der Waals surface area contributed by atoms with Crippen molar-refractivity contribution in [1.29, 1.82) is 0 Å². The Kier molecular flexibility index (Phi) is 3.80.